The first-order valence-corrected chi connectivity index (χ1v) is 11.5. The van der Waals surface area contributed by atoms with Gasteiger partial charge in [0.2, 0.25) is 5.95 Å². The van der Waals surface area contributed by atoms with E-state index in [9.17, 15) is 4.79 Å². The number of carbonyl (C=O) groups excluding carboxylic acids is 1. The highest BCUT2D eigenvalue weighted by Gasteiger charge is 2.34. The van der Waals surface area contributed by atoms with Gasteiger partial charge < -0.3 is 24.8 Å². The molecule has 3 heterocycles. The quantitative estimate of drug-likeness (QED) is 0.388. The molecule has 5 rings (SSSR count). The third kappa shape index (κ3) is 4.56. The van der Waals surface area contributed by atoms with Crippen LogP contribution in [0.25, 0.3) is 11.4 Å². The van der Waals surface area contributed by atoms with Gasteiger partial charge in [0.1, 0.15) is 11.8 Å². The van der Waals surface area contributed by atoms with Gasteiger partial charge in [0.25, 0.3) is 5.91 Å². The zero-order valence-electron chi connectivity index (χ0n) is 20.9. The number of hydrogen-bond donors (Lipinski definition) is 2. The van der Waals surface area contributed by atoms with E-state index in [0.29, 0.717) is 46.0 Å². The largest absolute Gasteiger partial charge is 0.497 e. The Labute approximate surface area is 213 Å². The van der Waals surface area contributed by atoms with Crippen LogP contribution in [0.4, 0.5) is 11.6 Å². The highest BCUT2D eigenvalue weighted by Crippen LogP contribution is 2.38. The molecular weight excluding hydrogens is 472 g/mol. The maximum absolute atomic E-state index is 13.6. The van der Waals surface area contributed by atoms with Crippen LogP contribution in [0.1, 0.15) is 18.5 Å². The number of rotatable bonds is 7. The van der Waals surface area contributed by atoms with Crippen LogP contribution < -0.4 is 24.8 Å². The molecule has 1 aliphatic heterocycles. The van der Waals surface area contributed by atoms with Crippen LogP contribution >= 0.6 is 0 Å². The topological polar surface area (TPSA) is 112 Å². The lowest BCUT2D eigenvalue weighted by molar-refractivity contribution is -0.113. The minimum Gasteiger partial charge on any atom is -0.497 e. The molecule has 0 fully saturated rings. The number of benzene rings is 2. The fourth-order valence-electron chi connectivity index (χ4n) is 4.27. The summed E-state index contributed by atoms with van der Waals surface area (Å²) in [5, 5.41) is 11.0. The number of aromatic nitrogens is 4. The Morgan fingerprint density at radius 1 is 1.00 bits per heavy atom. The van der Waals surface area contributed by atoms with E-state index in [1.54, 1.807) is 56.6 Å². The highest BCUT2D eigenvalue weighted by molar-refractivity contribution is 6.06. The molecule has 2 N–H and O–H groups in total. The fraction of sp³-hybridized carbons (Fsp3) is 0.185. The summed E-state index contributed by atoms with van der Waals surface area (Å²) in [5.74, 6) is 2.61. The summed E-state index contributed by atoms with van der Waals surface area (Å²) in [5.41, 5.74) is 3.36. The van der Waals surface area contributed by atoms with Crippen LogP contribution in [-0.4, -0.2) is 47.0 Å². The maximum atomic E-state index is 13.6. The van der Waals surface area contributed by atoms with Gasteiger partial charge in [-0.15, -0.1) is 5.10 Å². The molecule has 0 saturated heterocycles. The summed E-state index contributed by atoms with van der Waals surface area (Å²) in [4.78, 5) is 22.4. The second-order valence-electron chi connectivity index (χ2n) is 8.31. The van der Waals surface area contributed by atoms with Crippen molar-refractivity contribution in [1.29, 1.82) is 0 Å². The van der Waals surface area contributed by atoms with Crippen LogP contribution in [0.5, 0.6) is 17.2 Å². The lowest BCUT2D eigenvalue weighted by atomic mass is 9.95. The molecule has 4 aromatic rings. The summed E-state index contributed by atoms with van der Waals surface area (Å²) in [7, 11) is 4.78. The Kier molecular flexibility index (Phi) is 6.46. The van der Waals surface area contributed by atoms with Crippen LogP contribution in [0.3, 0.4) is 0 Å². The van der Waals surface area contributed by atoms with E-state index in [1.807, 2.05) is 43.3 Å². The molecule has 37 heavy (non-hydrogen) atoms. The lowest BCUT2D eigenvalue weighted by Crippen LogP contribution is -2.31. The van der Waals surface area contributed by atoms with E-state index in [4.69, 9.17) is 24.3 Å². The van der Waals surface area contributed by atoms with Crippen LogP contribution in [0.15, 0.2) is 78.3 Å². The molecule has 2 aromatic heterocycles. The number of nitrogens with one attached hydrogen (secondary N) is 2. The van der Waals surface area contributed by atoms with Crippen LogP contribution in [0.2, 0.25) is 0 Å². The van der Waals surface area contributed by atoms with Crippen molar-refractivity contribution in [3.05, 3.63) is 83.8 Å². The van der Waals surface area contributed by atoms with Crippen molar-refractivity contribution in [2.24, 2.45) is 0 Å². The Hall–Kier alpha value is -4.86. The van der Waals surface area contributed by atoms with Gasteiger partial charge >= 0.3 is 0 Å². The van der Waals surface area contributed by atoms with E-state index in [-0.39, 0.29) is 5.91 Å². The van der Waals surface area contributed by atoms with E-state index >= 15 is 0 Å². The Morgan fingerprint density at radius 2 is 1.78 bits per heavy atom. The molecule has 1 atom stereocenters. The molecule has 0 spiro atoms. The smallest absolute Gasteiger partial charge is 0.255 e. The zero-order valence-corrected chi connectivity index (χ0v) is 20.9. The summed E-state index contributed by atoms with van der Waals surface area (Å²) in [6, 6.07) is 16.0. The lowest BCUT2D eigenvalue weighted by Gasteiger charge is -2.28. The Morgan fingerprint density at radius 3 is 2.46 bits per heavy atom. The van der Waals surface area contributed by atoms with E-state index in [2.05, 4.69) is 15.6 Å². The molecule has 2 aromatic carbocycles. The third-order valence-corrected chi connectivity index (χ3v) is 6.09. The minimum absolute atomic E-state index is 0.271. The predicted molar refractivity (Wildman–Crippen MR) is 139 cm³/mol. The van der Waals surface area contributed by atoms with Gasteiger partial charge in [-0.25, -0.2) is 4.68 Å². The second-order valence-corrected chi connectivity index (χ2v) is 8.31. The SMILES string of the molecule is COc1ccc([C@H]2C(C(=O)Nc3cccnc3)=C(C)Nc3nc(-c4ccc(OC)c(OC)c4)nn32)cc1. The predicted octanol–water partition coefficient (Wildman–Crippen LogP) is 4.29. The van der Waals surface area contributed by atoms with Gasteiger partial charge in [-0.05, 0) is 55.0 Å². The average Bonchev–Trinajstić information content (AvgIpc) is 3.36. The number of amides is 1. The molecule has 188 valence electrons. The summed E-state index contributed by atoms with van der Waals surface area (Å²) < 4.78 is 17.9. The van der Waals surface area contributed by atoms with Crippen molar-refractivity contribution < 1.29 is 19.0 Å². The van der Waals surface area contributed by atoms with Crippen molar-refractivity contribution in [3.63, 3.8) is 0 Å². The normalized spacial score (nSPS) is 14.4. The van der Waals surface area contributed by atoms with Crippen molar-refractivity contribution in [2.45, 2.75) is 13.0 Å². The summed E-state index contributed by atoms with van der Waals surface area (Å²) >= 11 is 0. The van der Waals surface area contributed by atoms with Crippen molar-refractivity contribution in [3.8, 4) is 28.6 Å². The molecule has 0 bridgehead atoms. The van der Waals surface area contributed by atoms with Gasteiger partial charge in [0.15, 0.2) is 17.3 Å². The molecule has 10 heteroatoms. The number of ether oxygens (including phenoxy) is 3. The summed E-state index contributed by atoms with van der Waals surface area (Å²) in [6.07, 6.45) is 3.25. The number of anilines is 2. The van der Waals surface area contributed by atoms with Gasteiger partial charge in [0, 0.05) is 17.5 Å². The number of allylic oxidation sites excluding steroid dienone is 1. The molecule has 0 radical (unpaired) electrons. The number of carbonyl (C=O) groups is 1. The first-order valence-electron chi connectivity index (χ1n) is 11.5. The van der Waals surface area contributed by atoms with Crippen LogP contribution in [-0.2, 0) is 4.79 Å². The number of pyridine rings is 1. The molecular formula is C27H26N6O4. The molecule has 10 nitrogen and oxygen atoms in total. The number of nitrogens with zero attached hydrogens (tertiary/aromatic N) is 4. The fourth-order valence-corrected chi connectivity index (χ4v) is 4.27. The highest BCUT2D eigenvalue weighted by atomic mass is 16.5. The van der Waals surface area contributed by atoms with Crippen molar-refractivity contribution >= 4 is 17.5 Å². The number of methoxy groups -OCH3 is 3. The standard InChI is InChI=1S/C27H26N6O4/c1-16-23(26(34)30-19-6-5-13-28-15-19)24(17-7-10-20(35-2)11-8-17)33-27(29-16)31-25(32-33)18-9-12-21(36-3)22(14-18)37-4/h5-15,24H,1-4H3,(H,30,34)(H,29,31,32)/t24-/m0/s1. The molecule has 1 amide bonds. The van der Waals surface area contributed by atoms with Gasteiger partial charge in [-0.2, -0.15) is 4.98 Å². The summed E-state index contributed by atoms with van der Waals surface area (Å²) in [6.45, 7) is 1.85. The first-order chi connectivity index (χ1) is 18.0. The van der Waals surface area contributed by atoms with E-state index in [0.717, 1.165) is 11.1 Å². The molecule has 0 unspecified atom stereocenters. The zero-order chi connectivity index (χ0) is 25.9. The first kappa shape index (κ1) is 23.9. The van der Waals surface area contributed by atoms with E-state index in [1.165, 1.54) is 0 Å². The van der Waals surface area contributed by atoms with Crippen molar-refractivity contribution in [2.75, 3.05) is 32.0 Å². The number of hydrogen-bond acceptors (Lipinski definition) is 8. The van der Waals surface area contributed by atoms with Crippen LogP contribution in [0, 0.1) is 0 Å². The van der Waals surface area contributed by atoms with Gasteiger partial charge in [-0.1, -0.05) is 12.1 Å². The van der Waals surface area contributed by atoms with Gasteiger partial charge in [0.05, 0.1) is 38.8 Å². The van der Waals surface area contributed by atoms with Gasteiger partial charge in [-0.3, -0.25) is 9.78 Å². The maximum Gasteiger partial charge on any atom is 0.255 e. The molecule has 0 saturated carbocycles. The monoisotopic (exact) mass is 498 g/mol. The second kappa shape index (κ2) is 10.0. The Bertz CT molecular complexity index is 1460. The third-order valence-electron chi connectivity index (χ3n) is 6.09. The number of fused-ring (bicyclic) bond motifs is 1. The average molecular weight is 499 g/mol. The van der Waals surface area contributed by atoms with Crippen molar-refractivity contribution in [1.82, 2.24) is 19.7 Å². The van der Waals surface area contributed by atoms with E-state index < -0.39 is 6.04 Å². The molecule has 1 aliphatic rings. The Balaban J connectivity index is 1.59. The minimum atomic E-state index is -0.541. The molecule has 0 aliphatic carbocycles.